The van der Waals surface area contributed by atoms with Crippen molar-refractivity contribution in [2.75, 3.05) is 5.32 Å². The molecule has 0 aromatic heterocycles. The lowest BCUT2D eigenvalue weighted by Crippen LogP contribution is -2.33. The molecular formula is C20H17F9N2. The Morgan fingerprint density at radius 1 is 0.806 bits per heavy atom. The number of hydrogen-bond acceptors (Lipinski definition) is 2. The Balaban J connectivity index is 1.91. The number of fused-ring (bicyclic) bond motifs is 1. The molecule has 1 aliphatic rings. The van der Waals surface area contributed by atoms with Gasteiger partial charge in [0.25, 0.3) is 0 Å². The van der Waals surface area contributed by atoms with Crippen LogP contribution in [0.15, 0.2) is 36.4 Å². The van der Waals surface area contributed by atoms with E-state index in [2.05, 4.69) is 10.6 Å². The largest absolute Gasteiger partial charge is 0.416 e. The maximum absolute atomic E-state index is 13.1. The molecule has 0 radical (unpaired) electrons. The minimum absolute atomic E-state index is 0.0288. The van der Waals surface area contributed by atoms with Gasteiger partial charge in [0.05, 0.1) is 16.7 Å². The van der Waals surface area contributed by atoms with Crippen molar-refractivity contribution in [3.63, 3.8) is 0 Å². The zero-order chi connectivity index (χ0) is 23.2. The fourth-order valence-corrected chi connectivity index (χ4v) is 3.52. The molecular weight excluding hydrogens is 439 g/mol. The Bertz CT molecular complexity index is 913. The average Bonchev–Trinajstić information content (AvgIpc) is 2.63. The second kappa shape index (κ2) is 7.92. The molecule has 2 aromatic carbocycles. The predicted octanol–water partition coefficient (Wildman–Crippen LogP) is 6.78. The van der Waals surface area contributed by atoms with Crippen LogP contribution in [-0.4, -0.2) is 6.04 Å². The molecule has 0 fully saturated rings. The molecule has 2 nitrogen and oxygen atoms in total. The molecule has 1 aliphatic heterocycles. The molecule has 2 N–H and O–H groups in total. The molecule has 1 heterocycles. The molecule has 0 saturated heterocycles. The summed E-state index contributed by atoms with van der Waals surface area (Å²) in [6.07, 6.45) is -14.3. The van der Waals surface area contributed by atoms with Crippen molar-refractivity contribution in [2.45, 2.75) is 50.5 Å². The van der Waals surface area contributed by atoms with Gasteiger partial charge >= 0.3 is 18.5 Å². The van der Waals surface area contributed by atoms with Crippen molar-refractivity contribution in [1.82, 2.24) is 5.32 Å². The van der Waals surface area contributed by atoms with Crippen LogP contribution in [-0.2, 0) is 25.1 Å². The van der Waals surface area contributed by atoms with Gasteiger partial charge in [-0.05, 0) is 60.9 Å². The van der Waals surface area contributed by atoms with Gasteiger partial charge in [0.1, 0.15) is 0 Å². The Morgan fingerprint density at radius 3 is 1.87 bits per heavy atom. The molecule has 0 saturated carbocycles. The third-order valence-electron chi connectivity index (χ3n) is 4.95. The van der Waals surface area contributed by atoms with E-state index in [1.165, 1.54) is 6.07 Å². The van der Waals surface area contributed by atoms with E-state index in [4.69, 9.17) is 0 Å². The van der Waals surface area contributed by atoms with Gasteiger partial charge in [-0.2, -0.15) is 39.5 Å². The SMILES string of the molecule is CC1CC(NCc2cc(C(F)(F)F)cc(C(F)(F)F)c2)c2cc(C(F)(F)F)ccc2N1. The predicted molar refractivity (Wildman–Crippen MR) is 95.2 cm³/mol. The van der Waals surface area contributed by atoms with E-state index >= 15 is 0 Å². The Kier molecular flexibility index (Phi) is 5.94. The summed E-state index contributed by atoms with van der Waals surface area (Å²) in [7, 11) is 0. The summed E-state index contributed by atoms with van der Waals surface area (Å²) >= 11 is 0. The van der Waals surface area contributed by atoms with Crippen LogP contribution in [0.3, 0.4) is 0 Å². The van der Waals surface area contributed by atoms with Crippen molar-refractivity contribution in [1.29, 1.82) is 0 Å². The number of halogens is 9. The highest BCUT2D eigenvalue weighted by atomic mass is 19.4. The monoisotopic (exact) mass is 456 g/mol. The van der Waals surface area contributed by atoms with Crippen LogP contribution in [0, 0.1) is 0 Å². The van der Waals surface area contributed by atoms with E-state index in [-0.39, 0.29) is 29.8 Å². The number of anilines is 1. The van der Waals surface area contributed by atoms with Crippen molar-refractivity contribution < 1.29 is 39.5 Å². The number of alkyl halides is 9. The lowest BCUT2D eigenvalue weighted by Gasteiger charge is -2.33. The van der Waals surface area contributed by atoms with Crippen LogP contribution in [0.2, 0.25) is 0 Å². The molecule has 170 valence electrons. The summed E-state index contributed by atoms with van der Waals surface area (Å²) in [5, 5.41) is 5.84. The van der Waals surface area contributed by atoms with Gasteiger partial charge in [0.2, 0.25) is 0 Å². The lowest BCUT2D eigenvalue weighted by molar-refractivity contribution is -0.143. The highest BCUT2D eigenvalue weighted by molar-refractivity contribution is 5.57. The van der Waals surface area contributed by atoms with Gasteiger partial charge in [-0.1, -0.05) is 0 Å². The second-order valence-corrected chi connectivity index (χ2v) is 7.43. The standard InChI is InChI=1S/C20H17F9N2/c1-10-4-17(15-8-12(18(21,22)23)2-3-16(15)31-10)30-9-11-5-13(19(24,25)26)7-14(6-11)20(27,28)29/h2-3,5-8,10,17,30-31H,4,9H2,1H3. The maximum atomic E-state index is 13.1. The highest BCUT2D eigenvalue weighted by Gasteiger charge is 2.37. The normalized spacial score (nSPS) is 19.7. The van der Waals surface area contributed by atoms with Gasteiger partial charge in [-0.15, -0.1) is 0 Å². The van der Waals surface area contributed by atoms with Crippen molar-refractivity contribution in [3.05, 3.63) is 64.2 Å². The second-order valence-electron chi connectivity index (χ2n) is 7.43. The molecule has 31 heavy (non-hydrogen) atoms. The third-order valence-corrected chi connectivity index (χ3v) is 4.95. The molecule has 0 spiro atoms. The Morgan fingerprint density at radius 2 is 1.35 bits per heavy atom. The van der Waals surface area contributed by atoms with E-state index in [0.29, 0.717) is 24.2 Å². The summed E-state index contributed by atoms with van der Waals surface area (Å²) in [4.78, 5) is 0. The molecule has 2 unspecified atom stereocenters. The summed E-state index contributed by atoms with van der Waals surface area (Å²) in [5.41, 5.74) is -3.40. The van der Waals surface area contributed by atoms with E-state index in [1.807, 2.05) is 0 Å². The number of hydrogen-bond donors (Lipinski definition) is 2. The van der Waals surface area contributed by atoms with Crippen LogP contribution < -0.4 is 10.6 Å². The van der Waals surface area contributed by atoms with E-state index in [9.17, 15) is 39.5 Å². The average molecular weight is 456 g/mol. The summed E-state index contributed by atoms with van der Waals surface area (Å²) in [6, 6.07) is 3.45. The summed E-state index contributed by atoms with van der Waals surface area (Å²) in [5.74, 6) is 0. The van der Waals surface area contributed by atoms with Crippen LogP contribution in [0.1, 0.15) is 47.2 Å². The lowest BCUT2D eigenvalue weighted by atomic mass is 9.91. The first-order valence-electron chi connectivity index (χ1n) is 9.14. The van der Waals surface area contributed by atoms with Crippen LogP contribution in [0.5, 0.6) is 0 Å². The van der Waals surface area contributed by atoms with Crippen LogP contribution in [0.25, 0.3) is 0 Å². The van der Waals surface area contributed by atoms with Crippen LogP contribution >= 0.6 is 0 Å². The summed E-state index contributed by atoms with van der Waals surface area (Å²) < 4.78 is 117. The van der Waals surface area contributed by atoms with E-state index < -0.39 is 41.3 Å². The van der Waals surface area contributed by atoms with Gasteiger partial charge in [-0.3, -0.25) is 0 Å². The highest BCUT2D eigenvalue weighted by Crippen LogP contribution is 2.39. The zero-order valence-corrected chi connectivity index (χ0v) is 15.9. The fourth-order valence-electron chi connectivity index (χ4n) is 3.52. The van der Waals surface area contributed by atoms with Crippen LogP contribution in [0.4, 0.5) is 45.2 Å². The topological polar surface area (TPSA) is 24.1 Å². The molecule has 0 bridgehead atoms. The summed E-state index contributed by atoms with van der Waals surface area (Å²) in [6.45, 7) is 1.38. The van der Waals surface area contributed by atoms with Gasteiger partial charge in [-0.25, -0.2) is 0 Å². The smallest absolute Gasteiger partial charge is 0.382 e. The third kappa shape index (κ3) is 5.44. The molecule has 2 atom stereocenters. The minimum atomic E-state index is -4.98. The number of nitrogens with one attached hydrogen (secondary N) is 2. The quantitative estimate of drug-likeness (QED) is 0.498. The zero-order valence-electron chi connectivity index (χ0n) is 15.9. The molecule has 0 amide bonds. The van der Waals surface area contributed by atoms with Gasteiger partial charge in [0.15, 0.2) is 0 Å². The van der Waals surface area contributed by atoms with Gasteiger partial charge < -0.3 is 10.6 Å². The van der Waals surface area contributed by atoms with E-state index in [0.717, 1.165) is 12.1 Å². The van der Waals surface area contributed by atoms with E-state index in [1.54, 1.807) is 6.92 Å². The van der Waals surface area contributed by atoms with Crippen molar-refractivity contribution >= 4 is 5.69 Å². The van der Waals surface area contributed by atoms with Crippen molar-refractivity contribution in [3.8, 4) is 0 Å². The molecule has 11 heteroatoms. The van der Waals surface area contributed by atoms with Gasteiger partial charge in [0, 0.05) is 24.3 Å². The molecule has 2 aromatic rings. The number of rotatable bonds is 3. The minimum Gasteiger partial charge on any atom is -0.382 e. The first kappa shape index (κ1) is 23.2. The number of benzene rings is 2. The molecule has 3 rings (SSSR count). The van der Waals surface area contributed by atoms with Crippen molar-refractivity contribution in [2.24, 2.45) is 0 Å². The first-order valence-corrected chi connectivity index (χ1v) is 9.14. The first-order chi connectivity index (χ1) is 14.1. The maximum Gasteiger partial charge on any atom is 0.416 e. The fraction of sp³-hybridized carbons (Fsp3) is 0.400. The Labute approximate surface area is 171 Å². The Hall–Kier alpha value is -2.43. The molecule has 0 aliphatic carbocycles.